The highest BCUT2D eigenvalue weighted by molar-refractivity contribution is 5.99. The second-order valence-corrected chi connectivity index (χ2v) is 5.40. The van der Waals surface area contributed by atoms with E-state index in [2.05, 4.69) is 5.32 Å². The van der Waals surface area contributed by atoms with Gasteiger partial charge >= 0.3 is 0 Å². The van der Waals surface area contributed by atoms with Crippen LogP contribution in [0, 0.1) is 17.1 Å². The summed E-state index contributed by atoms with van der Waals surface area (Å²) in [5.41, 5.74) is 1.22. The van der Waals surface area contributed by atoms with Crippen LogP contribution in [0.25, 0.3) is 11.0 Å². The molecule has 1 heterocycles. The van der Waals surface area contributed by atoms with Crippen LogP contribution in [-0.4, -0.2) is 13.0 Å². The molecule has 1 N–H and O–H groups in total. The van der Waals surface area contributed by atoms with E-state index in [9.17, 15) is 14.4 Å². The molecule has 1 atom stereocenters. The fraction of sp³-hybridized carbons (Fsp3) is 0.158. The van der Waals surface area contributed by atoms with Crippen molar-refractivity contribution in [3.63, 3.8) is 0 Å². The number of para-hydroxylation sites is 1. The first-order chi connectivity index (χ1) is 12.2. The Morgan fingerprint density at radius 2 is 2.00 bits per heavy atom. The van der Waals surface area contributed by atoms with E-state index in [1.807, 2.05) is 18.2 Å². The maximum absolute atomic E-state index is 13.9. The number of methoxy groups -OCH3 is 1. The molecule has 0 radical (unpaired) electrons. The molecule has 2 aromatic carbocycles. The van der Waals surface area contributed by atoms with Crippen molar-refractivity contribution in [2.75, 3.05) is 7.11 Å². The number of nitrogens with one attached hydrogen (secondary N) is 1. The van der Waals surface area contributed by atoms with Gasteiger partial charge in [-0.3, -0.25) is 4.79 Å². The Kier molecular flexibility index (Phi) is 4.78. The van der Waals surface area contributed by atoms with Crippen molar-refractivity contribution in [1.82, 2.24) is 5.32 Å². The van der Waals surface area contributed by atoms with Gasteiger partial charge in [-0.25, -0.2) is 4.39 Å². The topological polar surface area (TPSA) is 75.3 Å². The minimum absolute atomic E-state index is 0.0552. The summed E-state index contributed by atoms with van der Waals surface area (Å²) in [5.74, 6) is -1.10. The third-order valence-corrected chi connectivity index (χ3v) is 3.81. The number of nitrogens with zero attached hydrogens (tertiary/aromatic N) is 1. The number of amides is 1. The van der Waals surface area contributed by atoms with Crippen LogP contribution in [0.5, 0.6) is 0 Å². The molecule has 1 amide bonds. The summed E-state index contributed by atoms with van der Waals surface area (Å²) in [5, 5.41) is 12.6. The van der Waals surface area contributed by atoms with Gasteiger partial charge < -0.3 is 14.5 Å². The first-order valence-corrected chi connectivity index (χ1v) is 7.60. The Labute approximate surface area is 143 Å². The molecule has 0 bridgehead atoms. The SMILES string of the molecule is COCc1c(C(=O)N[C@@H](C#N)c2ccccc2F)oc2ccccc12. The van der Waals surface area contributed by atoms with Crippen molar-refractivity contribution >= 4 is 16.9 Å². The Balaban J connectivity index is 1.95. The molecular weight excluding hydrogens is 323 g/mol. The van der Waals surface area contributed by atoms with E-state index in [1.165, 1.54) is 25.3 Å². The van der Waals surface area contributed by atoms with Crippen LogP contribution < -0.4 is 5.32 Å². The molecule has 0 unspecified atom stereocenters. The molecule has 0 saturated carbocycles. The lowest BCUT2D eigenvalue weighted by atomic mass is 10.1. The maximum atomic E-state index is 13.9. The highest BCUT2D eigenvalue weighted by atomic mass is 19.1. The largest absolute Gasteiger partial charge is 0.451 e. The Bertz CT molecular complexity index is 959. The molecule has 0 spiro atoms. The predicted octanol–water partition coefficient (Wildman–Crippen LogP) is 3.71. The standard InChI is InChI=1S/C19H15FN2O3/c1-24-11-14-12-6-3-5-9-17(12)25-18(14)19(23)22-16(10-21)13-7-2-4-8-15(13)20/h2-9,16H,11H2,1H3,(H,22,23)/t16-/m0/s1. The van der Waals surface area contributed by atoms with Gasteiger partial charge in [-0.1, -0.05) is 36.4 Å². The molecule has 0 saturated heterocycles. The van der Waals surface area contributed by atoms with Gasteiger partial charge in [0.1, 0.15) is 17.4 Å². The van der Waals surface area contributed by atoms with Crippen molar-refractivity contribution in [3.05, 3.63) is 71.2 Å². The number of nitriles is 1. The average molecular weight is 338 g/mol. The maximum Gasteiger partial charge on any atom is 0.288 e. The summed E-state index contributed by atoms with van der Waals surface area (Å²) in [4.78, 5) is 12.6. The van der Waals surface area contributed by atoms with Gasteiger partial charge in [-0.05, 0) is 12.1 Å². The summed E-state index contributed by atoms with van der Waals surface area (Å²) in [6, 6.07) is 13.8. The molecule has 25 heavy (non-hydrogen) atoms. The van der Waals surface area contributed by atoms with Crippen molar-refractivity contribution in [1.29, 1.82) is 5.26 Å². The van der Waals surface area contributed by atoms with Gasteiger partial charge in [0.25, 0.3) is 5.91 Å². The van der Waals surface area contributed by atoms with Gasteiger partial charge in [0, 0.05) is 23.6 Å². The van der Waals surface area contributed by atoms with E-state index in [1.54, 1.807) is 18.2 Å². The van der Waals surface area contributed by atoms with Crippen LogP contribution in [0.15, 0.2) is 52.9 Å². The summed E-state index contributed by atoms with van der Waals surface area (Å²) < 4.78 is 24.7. The van der Waals surface area contributed by atoms with Crippen LogP contribution in [0.1, 0.15) is 27.7 Å². The highest BCUT2D eigenvalue weighted by Gasteiger charge is 2.24. The zero-order valence-electron chi connectivity index (χ0n) is 13.5. The van der Waals surface area contributed by atoms with Crippen LogP contribution in [-0.2, 0) is 11.3 Å². The molecule has 0 aliphatic carbocycles. The third-order valence-electron chi connectivity index (χ3n) is 3.81. The fourth-order valence-electron chi connectivity index (χ4n) is 2.66. The van der Waals surface area contributed by atoms with Crippen molar-refractivity contribution in [2.24, 2.45) is 0 Å². The predicted molar refractivity (Wildman–Crippen MR) is 89.1 cm³/mol. The average Bonchev–Trinajstić information content (AvgIpc) is 2.99. The molecule has 6 heteroatoms. The summed E-state index contributed by atoms with van der Waals surface area (Å²) in [6.45, 7) is 0.177. The lowest BCUT2D eigenvalue weighted by molar-refractivity contribution is 0.0912. The molecule has 126 valence electrons. The summed E-state index contributed by atoms with van der Waals surface area (Å²) in [7, 11) is 1.51. The third kappa shape index (κ3) is 3.23. The van der Waals surface area contributed by atoms with Crippen molar-refractivity contribution < 1.29 is 18.3 Å². The number of rotatable bonds is 5. The van der Waals surface area contributed by atoms with Crippen LogP contribution in [0.3, 0.4) is 0 Å². The minimum atomic E-state index is -1.13. The number of benzene rings is 2. The van der Waals surface area contributed by atoms with Crippen LogP contribution in [0.4, 0.5) is 4.39 Å². The first-order valence-electron chi connectivity index (χ1n) is 7.60. The number of furan rings is 1. The second kappa shape index (κ2) is 7.16. The molecule has 0 aliphatic rings. The quantitative estimate of drug-likeness (QED) is 0.769. The zero-order chi connectivity index (χ0) is 17.8. The number of carbonyl (C=O) groups excluding carboxylic acids is 1. The Morgan fingerprint density at radius 1 is 1.28 bits per heavy atom. The number of carbonyl (C=O) groups is 1. The molecule has 0 fully saturated rings. The lowest BCUT2D eigenvalue weighted by Crippen LogP contribution is -2.28. The van der Waals surface area contributed by atoms with Gasteiger partial charge in [0.05, 0.1) is 12.7 Å². The number of fused-ring (bicyclic) bond motifs is 1. The minimum Gasteiger partial charge on any atom is -0.451 e. The van der Waals surface area contributed by atoms with Gasteiger partial charge in [0.15, 0.2) is 5.76 Å². The van der Waals surface area contributed by atoms with E-state index in [0.717, 1.165) is 5.39 Å². The summed E-state index contributed by atoms with van der Waals surface area (Å²) >= 11 is 0. The molecule has 3 aromatic rings. The smallest absolute Gasteiger partial charge is 0.288 e. The summed E-state index contributed by atoms with van der Waals surface area (Å²) in [6.07, 6.45) is 0. The molecule has 0 aliphatic heterocycles. The number of ether oxygens (including phenoxy) is 1. The Morgan fingerprint density at radius 3 is 2.72 bits per heavy atom. The highest BCUT2D eigenvalue weighted by Crippen LogP contribution is 2.27. The van der Waals surface area contributed by atoms with Crippen molar-refractivity contribution in [3.8, 4) is 6.07 Å². The normalized spacial score (nSPS) is 11.9. The van der Waals surface area contributed by atoms with E-state index in [0.29, 0.717) is 11.1 Å². The van der Waals surface area contributed by atoms with E-state index in [-0.39, 0.29) is 17.9 Å². The van der Waals surface area contributed by atoms with Crippen LogP contribution >= 0.6 is 0 Å². The van der Waals surface area contributed by atoms with E-state index in [4.69, 9.17) is 9.15 Å². The Hall–Kier alpha value is -3.17. The first kappa shape index (κ1) is 16.7. The number of halogens is 1. The van der Waals surface area contributed by atoms with Gasteiger partial charge in [-0.2, -0.15) is 5.26 Å². The van der Waals surface area contributed by atoms with Crippen molar-refractivity contribution in [2.45, 2.75) is 12.6 Å². The van der Waals surface area contributed by atoms with E-state index < -0.39 is 17.8 Å². The lowest BCUT2D eigenvalue weighted by Gasteiger charge is -2.12. The molecule has 5 nitrogen and oxygen atoms in total. The monoisotopic (exact) mass is 338 g/mol. The van der Waals surface area contributed by atoms with E-state index >= 15 is 0 Å². The molecule has 1 aromatic heterocycles. The fourth-order valence-corrected chi connectivity index (χ4v) is 2.66. The van der Waals surface area contributed by atoms with Crippen LogP contribution in [0.2, 0.25) is 0 Å². The zero-order valence-corrected chi connectivity index (χ0v) is 13.5. The number of hydrogen-bond acceptors (Lipinski definition) is 4. The van der Waals surface area contributed by atoms with Gasteiger partial charge in [0.2, 0.25) is 0 Å². The molecular formula is C19H15FN2O3. The molecule has 3 rings (SSSR count). The second-order valence-electron chi connectivity index (χ2n) is 5.40. The van der Waals surface area contributed by atoms with Gasteiger partial charge in [-0.15, -0.1) is 0 Å². The number of hydrogen-bond donors (Lipinski definition) is 1.